The lowest BCUT2D eigenvalue weighted by Crippen LogP contribution is -1.98. The van der Waals surface area contributed by atoms with Crippen LogP contribution < -0.4 is 4.74 Å². The van der Waals surface area contributed by atoms with Crippen LogP contribution in [0.1, 0.15) is 6.42 Å². The van der Waals surface area contributed by atoms with Gasteiger partial charge in [0.05, 0.1) is 26.4 Å². The highest BCUT2D eigenvalue weighted by molar-refractivity contribution is 9.11. The molecule has 84 valence electrons. The summed E-state index contributed by atoms with van der Waals surface area (Å²) in [5.41, 5.74) is -0.0358. The number of nitrogens with zero attached hydrogens (tertiary/aromatic N) is 2. The fourth-order valence-corrected chi connectivity index (χ4v) is 2.38. The molecule has 1 rings (SSSR count). The molecule has 0 aliphatic heterocycles. The third kappa shape index (κ3) is 3.18. The van der Waals surface area contributed by atoms with Gasteiger partial charge in [-0.3, -0.25) is 10.1 Å². The van der Waals surface area contributed by atoms with Gasteiger partial charge in [0, 0.05) is 12.1 Å². The Morgan fingerprint density at radius 3 is 2.44 bits per heavy atom. The molecule has 0 radical (unpaired) electrons. The van der Waals surface area contributed by atoms with E-state index in [0.29, 0.717) is 14.7 Å². The van der Waals surface area contributed by atoms with Gasteiger partial charge < -0.3 is 4.74 Å². The van der Waals surface area contributed by atoms with Crippen LogP contribution in [0.3, 0.4) is 0 Å². The van der Waals surface area contributed by atoms with Crippen LogP contribution in [-0.2, 0) is 0 Å². The van der Waals surface area contributed by atoms with Crippen LogP contribution in [0.25, 0.3) is 0 Å². The zero-order valence-corrected chi connectivity index (χ0v) is 11.1. The molecule has 1 aromatic rings. The summed E-state index contributed by atoms with van der Waals surface area (Å²) in [6.07, 6.45) is 0.260. The van der Waals surface area contributed by atoms with Crippen molar-refractivity contribution in [2.45, 2.75) is 6.42 Å². The Balaban J connectivity index is 2.95. The van der Waals surface area contributed by atoms with Crippen molar-refractivity contribution < 1.29 is 9.66 Å². The number of ether oxygens (including phenoxy) is 1. The van der Waals surface area contributed by atoms with E-state index in [-0.39, 0.29) is 18.7 Å². The number of halogens is 2. The summed E-state index contributed by atoms with van der Waals surface area (Å²) in [5.74, 6) is 0.459. The number of hydrogen-bond acceptors (Lipinski definition) is 4. The Morgan fingerprint density at radius 1 is 1.44 bits per heavy atom. The van der Waals surface area contributed by atoms with Gasteiger partial charge in [-0.2, -0.15) is 5.26 Å². The monoisotopic (exact) mass is 348 g/mol. The Hall–Kier alpha value is -1.13. The van der Waals surface area contributed by atoms with E-state index in [2.05, 4.69) is 31.9 Å². The smallest absolute Gasteiger partial charge is 0.271 e. The number of nitriles is 1. The summed E-state index contributed by atoms with van der Waals surface area (Å²) in [7, 11) is 0. The van der Waals surface area contributed by atoms with Gasteiger partial charge in [0.25, 0.3) is 5.69 Å². The van der Waals surface area contributed by atoms with Crippen LogP contribution in [0.15, 0.2) is 21.1 Å². The molecular formula is C9H6Br2N2O3. The molecule has 16 heavy (non-hydrogen) atoms. The third-order valence-electron chi connectivity index (χ3n) is 1.65. The number of benzene rings is 1. The second-order valence-corrected chi connectivity index (χ2v) is 4.46. The van der Waals surface area contributed by atoms with E-state index in [9.17, 15) is 10.1 Å². The van der Waals surface area contributed by atoms with Crippen LogP contribution in [0, 0.1) is 21.4 Å². The SMILES string of the molecule is N#CCCOc1c(Br)cc([N+](=O)[O-])cc1Br. The van der Waals surface area contributed by atoms with E-state index < -0.39 is 4.92 Å². The summed E-state index contributed by atoms with van der Waals surface area (Å²) < 4.78 is 6.26. The molecule has 0 bridgehead atoms. The maximum atomic E-state index is 10.6. The maximum absolute atomic E-state index is 10.6. The van der Waals surface area contributed by atoms with Crippen LogP contribution in [0.5, 0.6) is 5.75 Å². The summed E-state index contributed by atoms with van der Waals surface area (Å²) in [4.78, 5) is 10.1. The van der Waals surface area contributed by atoms with Crippen molar-refractivity contribution in [2.24, 2.45) is 0 Å². The van der Waals surface area contributed by atoms with E-state index in [1.54, 1.807) is 0 Å². The Kier molecular flexibility index (Phi) is 4.71. The minimum atomic E-state index is -0.491. The van der Waals surface area contributed by atoms with E-state index in [1.807, 2.05) is 6.07 Å². The predicted molar refractivity (Wildman–Crippen MR) is 64.2 cm³/mol. The average Bonchev–Trinajstić information content (AvgIpc) is 2.21. The molecular weight excluding hydrogens is 344 g/mol. The minimum Gasteiger partial charge on any atom is -0.490 e. The third-order valence-corrected chi connectivity index (χ3v) is 2.83. The lowest BCUT2D eigenvalue weighted by Gasteiger charge is -2.08. The molecule has 0 aromatic heterocycles. The molecule has 0 aliphatic carbocycles. The van der Waals surface area contributed by atoms with Gasteiger partial charge >= 0.3 is 0 Å². The van der Waals surface area contributed by atoms with E-state index >= 15 is 0 Å². The molecule has 5 nitrogen and oxygen atoms in total. The Labute approximate surface area is 108 Å². The average molecular weight is 350 g/mol. The first kappa shape index (κ1) is 12.9. The Morgan fingerprint density at radius 2 is 2.00 bits per heavy atom. The lowest BCUT2D eigenvalue weighted by atomic mass is 10.3. The van der Waals surface area contributed by atoms with Crippen LogP contribution in [0.4, 0.5) is 5.69 Å². The number of nitro groups is 1. The molecule has 7 heteroatoms. The second-order valence-electron chi connectivity index (χ2n) is 2.75. The Bertz CT molecular complexity index is 434. The van der Waals surface area contributed by atoms with Gasteiger partial charge in [0.1, 0.15) is 12.4 Å². The van der Waals surface area contributed by atoms with Crippen LogP contribution >= 0.6 is 31.9 Å². The quantitative estimate of drug-likeness (QED) is 0.474. The van der Waals surface area contributed by atoms with Crippen LogP contribution in [-0.4, -0.2) is 11.5 Å². The number of hydrogen-bond donors (Lipinski definition) is 0. The van der Waals surface area contributed by atoms with Gasteiger partial charge in [-0.05, 0) is 31.9 Å². The zero-order chi connectivity index (χ0) is 12.1. The molecule has 0 saturated carbocycles. The van der Waals surface area contributed by atoms with Crippen molar-refractivity contribution in [2.75, 3.05) is 6.61 Å². The first-order valence-electron chi connectivity index (χ1n) is 4.19. The largest absolute Gasteiger partial charge is 0.490 e. The maximum Gasteiger partial charge on any atom is 0.271 e. The van der Waals surface area contributed by atoms with E-state index in [4.69, 9.17) is 10.00 Å². The van der Waals surface area contributed by atoms with Gasteiger partial charge in [-0.1, -0.05) is 0 Å². The normalized spacial score (nSPS) is 9.56. The highest BCUT2D eigenvalue weighted by Crippen LogP contribution is 2.37. The molecule has 0 heterocycles. The van der Waals surface area contributed by atoms with Gasteiger partial charge in [0.2, 0.25) is 0 Å². The van der Waals surface area contributed by atoms with Crippen molar-refractivity contribution in [3.63, 3.8) is 0 Å². The van der Waals surface area contributed by atoms with Crippen molar-refractivity contribution in [3.05, 3.63) is 31.2 Å². The van der Waals surface area contributed by atoms with Crippen molar-refractivity contribution in [1.82, 2.24) is 0 Å². The molecule has 0 spiro atoms. The van der Waals surface area contributed by atoms with Crippen molar-refractivity contribution in [1.29, 1.82) is 5.26 Å². The van der Waals surface area contributed by atoms with Crippen molar-refractivity contribution in [3.8, 4) is 11.8 Å². The lowest BCUT2D eigenvalue weighted by molar-refractivity contribution is -0.385. The zero-order valence-electron chi connectivity index (χ0n) is 7.94. The van der Waals surface area contributed by atoms with Gasteiger partial charge in [0.15, 0.2) is 0 Å². The van der Waals surface area contributed by atoms with Crippen LogP contribution in [0.2, 0.25) is 0 Å². The number of nitro benzene ring substituents is 1. The molecule has 0 amide bonds. The standard InChI is InChI=1S/C9H6Br2N2O3/c10-7-4-6(13(14)15)5-8(11)9(7)16-3-1-2-12/h4-5H,1,3H2. The fraction of sp³-hybridized carbons (Fsp3) is 0.222. The van der Waals surface area contributed by atoms with Gasteiger partial charge in [-0.15, -0.1) is 0 Å². The molecule has 0 fully saturated rings. The van der Waals surface area contributed by atoms with E-state index in [1.165, 1.54) is 12.1 Å². The summed E-state index contributed by atoms with van der Waals surface area (Å²) >= 11 is 6.35. The minimum absolute atomic E-state index is 0.0358. The molecule has 0 unspecified atom stereocenters. The first-order valence-corrected chi connectivity index (χ1v) is 5.78. The van der Waals surface area contributed by atoms with E-state index in [0.717, 1.165) is 0 Å². The van der Waals surface area contributed by atoms with Crippen molar-refractivity contribution >= 4 is 37.5 Å². The summed E-state index contributed by atoms with van der Waals surface area (Å²) in [5, 5.41) is 18.9. The molecule has 0 saturated heterocycles. The molecule has 1 aromatic carbocycles. The highest BCUT2D eigenvalue weighted by atomic mass is 79.9. The topological polar surface area (TPSA) is 76.2 Å². The summed E-state index contributed by atoms with van der Waals surface area (Å²) in [6, 6.07) is 4.65. The molecule has 0 atom stereocenters. The number of rotatable bonds is 4. The molecule has 0 N–H and O–H groups in total. The highest BCUT2D eigenvalue weighted by Gasteiger charge is 2.14. The first-order chi connectivity index (χ1) is 7.56. The molecule has 0 aliphatic rings. The number of non-ortho nitro benzene ring substituents is 1. The fourth-order valence-electron chi connectivity index (χ4n) is 0.989. The summed E-state index contributed by atoms with van der Waals surface area (Å²) in [6.45, 7) is 0.242. The second kappa shape index (κ2) is 5.82. The predicted octanol–water partition coefficient (Wildman–Crippen LogP) is 3.41. The van der Waals surface area contributed by atoms with Gasteiger partial charge in [-0.25, -0.2) is 0 Å².